The number of hydrogen-bond donors (Lipinski definition) is 2. The van der Waals surface area contributed by atoms with Crippen LogP contribution in [0.4, 0.5) is 0 Å². The molecule has 0 aliphatic rings. The van der Waals surface area contributed by atoms with Crippen molar-refractivity contribution in [1.82, 2.24) is 0 Å². The van der Waals surface area contributed by atoms with Crippen molar-refractivity contribution in [2.45, 2.75) is 23.6 Å². The Bertz CT molecular complexity index is 843. The highest BCUT2D eigenvalue weighted by Gasteiger charge is 2.22. The summed E-state index contributed by atoms with van der Waals surface area (Å²) < 4.78 is 25.2. The van der Waals surface area contributed by atoms with E-state index in [-0.39, 0.29) is 32.4 Å². The van der Waals surface area contributed by atoms with Crippen LogP contribution in [0.15, 0.2) is 46.2 Å². The van der Waals surface area contributed by atoms with E-state index in [2.05, 4.69) is 0 Å². The number of sulfone groups is 1. The minimum Gasteiger partial charge on any atom is -0.507 e. The Hall–Kier alpha value is -2.67. The fourth-order valence-corrected chi connectivity index (χ4v) is 3.38. The van der Waals surface area contributed by atoms with Crippen LogP contribution in [-0.4, -0.2) is 30.2 Å². The summed E-state index contributed by atoms with van der Waals surface area (Å²) >= 11 is 0. The highest BCUT2D eigenvalue weighted by Crippen LogP contribution is 2.29. The molecule has 0 radical (unpaired) electrons. The van der Waals surface area contributed by atoms with Crippen LogP contribution in [0.3, 0.4) is 0 Å². The Morgan fingerprint density at radius 2 is 1.13 bits per heavy atom. The Kier molecular flexibility index (Phi) is 4.24. The fourth-order valence-electron chi connectivity index (χ4n) is 2.06. The molecule has 2 aromatic rings. The van der Waals surface area contributed by atoms with Crippen molar-refractivity contribution in [2.24, 2.45) is 0 Å². The molecule has 0 saturated heterocycles. The number of hydrogen-bond acceptors (Lipinski definition) is 6. The second kappa shape index (κ2) is 5.85. The molecular weight excluding hydrogens is 320 g/mol. The Balaban J connectivity index is 2.64. The van der Waals surface area contributed by atoms with Gasteiger partial charge in [-0.05, 0) is 50.2 Å². The lowest BCUT2D eigenvalue weighted by Gasteiger charge is -2.09. The molecular formula is C16H14O6S. The Labute approximate surface area is 132 Å². The lowest BCUT2D eigenvalue weighted by atomic mass is 10.1. The van der Waals surface area contributed by atoms with Gasteiger partial charge < -0.3 is 10.2 Å². The summed E-state index contributed by atoms with van der Waals surface area (Å²) in [5.41, 5.74) is -0.228. The maximum Gasteiger partial charge on any atom is 0.206 e. The molecule has 0 aliphatic carbocycles. The summed E-state index contributed by atoms with van der Waals surface area (Å²) in [6.07, 6.45) is 0. The van der Waals surface area contributed by atoms with Gasteiger partial charge in [0.15, 0.2) is 11.6 Å². The van der Waals surface area contributed by atoms with Gasteiger partial charge >= 0.3 is 0 Å². The summed E-state index contributed by atoms with van der Waals surface area (Å²) in [5.74, 6) is -1.58. The average Bonchev–Trinajstić information content (AvgIpc) is 2.47. The van der Waals surface area contributed by atoms with E-state index in [1.807, 2.05) is 0 Å². The normalized spacial score (nSPS) is 11.2. The van der Waals surface area contributed by atoms with E-state index in [1.54, 1.807) is 0 Å². The number of carbonyl (C=O) groups is 2. The van der Waals surface area contributed by atoms with Gasteiger partial charge in [-0.2, -0.15) is 0 Å². The number of aromatic hydroxyl groups is 2. The van der Waals surface area contributed by atoms with Gasteiger partial charge in [-0.25, -0.2) is 8.42 Å². The van der Waals surface area contributed by atoms with Crippen molar-refractivity contribution in [3.05, 3.63) is 47.5 Å². The molecule has 0 fully saturated rings. The van der Waals surface area contributed by atoms with E-state index in [1.165, 1.54) is 13.8 Å². The smallest absolute Gasteiger partial charge is 0.206 e. The molecule has 0 atom stereocenters. The lowest BCUT2D eigenvalue weighted by molar-refractivity contribution is 0.100. The second-order valence-corrected chi connectivity index (χ2v) is 6.92. The minimum atomic E-state index is -4.01. The van der Waals surface area contributed by atoms with Crippen LogP contribution in [0.1, 0.15) is 34.6 Å². The molecule has 0 unspecified atom stereocenters. The number of Topliss-reactive ketones (excluding diaryl/α,β-unsaturated/α-hetero) is 2. The van der Waals surface area contributed by atoms with E-state index in [9.17, 15) is 28.2 Å². The molecule has 6 nitrogen and oxygen atoms in total. The summed E-state index contributed by atoms with van der Waals surface area (Å²) in [4.78, 5) is 22.5. The highest BCUT2D eigenvalue weighted by atomic mass is 32.2. The first-order valence-corrected chi connectivity index (χ1v) is 8.06. The van der Waals surface area contributed by atoms with Crippen molar-refractivity contribution in [1.29, 1.82) is 0 Å². The summed E-state index contributed by atoms with van der Waals surface area (Å²) in [6, 6.07) is 6.72. The summed E-state index contributed by atoms with van der Waals surface area (Å²) in [6.45, 7) is 2.42. The molecule has 0 bridgehead atoms. The number of rotatable bonds is 4. The van der Waals surface area contributed by atoms with E-state index in [0.29, 0.717) is 0 Å². The van der Waals surface area contributed by atoms with Crippen LogP contribution >= 0.6 is 0 Å². The van der Waals surface area contributed by atoms with Gasteiger partial charge in [0.05, 0.1) is 20.9 Å². The van der Waals surface area contributed by atoms with Gasteiger partial charge in [0.25, 0.3) is 0 Å². The molecule has 0 spiro atoms. The van der Waals surface area contributed by atoms with E-state index in [4.69, 9.17) is 0 Å². The first-order chi connectivity index (χ1) is 10.6. The topological polar surface area (TPSA) is 109 Å². The minimum absolute atomic E-state index is 0.114. The fraction of sp³-hybridized carbons (Fsp3) is 0.125. The third-order valence-corrected chi connectivity index (χ3v) is 5.06. The highest BCUT2D eigenvalue weighted by molar-refractivity contribution is 7.91. The first-order valence-electron chi connectivity index (χ1n) is 6.57. The molecule has 23 heavy (non-hydrogen) atoms. The van der Waals surface area contributed by atoms with Crippen molar-refractivity contribution >= 4 is 21.4 Å². The Morgan fingerprint density at radius 3 is 1.43 bits per heavy atom. The van der Waals surface area contributed by atoms with Crippen molar-refractivity contribution in [2.75, 3.05) is 0 Å². The zero-order chi connectivity index (χ0) is 17.4. The zero-order valence-corrected chi connectivity index (χ0v) is 13.2. The summed E-state index contributed by atoms with van der Waals surface area (Å²) in [5, 5.41) is 19.2. The molecule has 0 saturated carbocycles. The molecule has 2 rings (SSSR count). The predicted molar refractivity (Wildman–Crippen MR) is 81.7 cm³/mol. The molecule has 0 aromatic heterocycles. The van der Waals surface area contributed by atoms with Gasteiger partial charge in [-0.3, -0.25) is 9.59 Å². The van der Waals surface area contributed by atoms with Crippen LogP contribution < -0.4 is 0 Å². The average molecular weight is 334 g/mol. The standard InChI is InChI=1S/C16H14O6S/c1-9(17)13-7-11(3-5-15(13)19)23(21,22)12-4-6-16(20)14(8-12)10(2)18/h3-8,19-20H,1-2H3. The second-order valence-electron chi connectivity index (χ2n) is 4.97. The van der Waals surface area contributed by atoms with Crippen LogP contribution in [0.25, 0.3) is 0 Å². The van der Waals surface area contributed by atoms with Gasteiger partial charge in [0, 0.05) is 0 Å². The van der Waals surface area contributed by atoms with Gasteiger partial charge in [0.1, 0.15) is 11.5 Å². The van der Waals surface area contributed by atoms with Crippen LogP contribution in [-0.2, 0) is 9.84 Å². The molecule has 2 N–H and O–H groups in total. The molecule has 0 aliphatic heterocycles. The third kappa shape index (κ3) is 3.09. The van der Waals surface area contributed by atoms with E-state index in [0.717, 1.165) is 36.4 Å². The predicted octanol–water partition coefficient (Wildman–Crippen LogP) is 2.34. The van der Waals surface area contributed by atoms with Crippen molar-refractivity contribution in [3.8, 4) is 11.5 Å². The van der Waals surface area contributed by atoms with Gasteiger partial charge in [0.2, 0.25) is 9.84 Å². The maximum absolute atomic E-state index is 12.6. The molecule has 120 valence electrons. The molecule has 0 heterocycles. The summed E-state index contributed by atoms with van der Waals surface area (Å²) in [7, 11) is -4.01. The number of ketones is 2. The van der Waals surface area contributed by atoms with E-state index >= 15 is 0 Å². The quantitative estimate of drug-likeness (QED) is 0.831. The third-order valence-electron chi connectivity index (χ3n) is 3.32. The van der Waals surface area contributed by atoms with Gasteiger partial charge in [-0.15, -0.1) is 0 Å². The number of phenols is 2. The van der Waals surface area contributed by atoms with Crippen LogP contribution in [0.2, 0.25) is 0 Å². The van der Waals surface area contributed by atoms with Crippen molar-refractivity contribution < 1.29 is 28.2 Å². The van der Waals surface area contributed by atoms with Crippen LogP contribution in [0, 0.1) is 0 Å². The number of phenolic OH excluding ortho intramolecular Hbond substituents is 2. The largest absolute Gasteiger partial charge is 0.507 e. The lowest BCUT2D eigenvalue weighted by Crippen LogP contribution is -2.05. The molecule has 7 heteroatoms. The van der Waals surface area contributed by atoms with E-state index < -0.39 is 21.4 Å². The number of benzene rings is 2. The maximum atomic E-state index is 12.6. The number of carbonyl (C=O) groups excluding carboxylic acids is 2. The Morgan fingerprint density at radius 1 is 0.783 bits per heavy atom. The molecule has 2 aromatic carbocycles. The first kappa shape index (κ1) is 16.7. The molecule has 0 amide bonds. The monoisotopic (exact) mass is 334 g/mol. The van der Waals surface area contributed by atoms with Crippen molar-refractivity contribution in [3.63, 3.8) is 0 Å². The van der Waals surface area contributed by atoms with Gasteiger partial charge in [-0.1, -0.05) is 0 Å². The SMILES string of the molecule is CC(=O)c1cc(S(=O)(=O)c2ccc(O)c(C(C)=O)c2)ccc1O. The zero-order valence-electron chi connectivity index (χ0n) is 12.4. The van der Waals surface area contributed by atoms with Crippen LogP contribution in [0.5, 0.6) is 11.5 Å².